The molecule has 3 nitrogen and oxygen atoms in total. The summed E-state index contributed by atoms with van der Waals surface area (Å²) in [6.07, 6.45) is 20.3. The molecule has 0 aromatic carbocycles. The Hall–Kier alpha value is -2.29. The zero-order valence-corrected chi connectivity index (χ0v) is 9.32. The summed E-state index contributed by atoms with van der Waals surface area (Å²) in [6.45, 7) is 0.349. The molecule has 2 rings (SSSR count). The second-order valence-corrected chi connectivity index (χ2v) is 3.28. The molecule has 2 aliphatic heterocycles. The number of rotatable bonds is 0. The number of ether oxygens (including phenoxy) is 2. The Morgan fingerprint density at radius 1 is 0.882 bits per heavy atom. The molecule has 0 fully saturated rings. The first-order valence-electron chi connectivity index (χ1n) is 5.33. The number of hydrogen-bond donors (Lipinski definition) is 0. The van der Waals surface area contributed by atoms with Gasteiger partial charge in [-0.1, -0.05) is 42.5 Å². The Balaban J connectivity index is 2.17. The van der Waals surface area contributed by atoms with Crippen molar-refractivity contribution < 1.29 is 9.47 Å². The van der Waals surface area contributed by atoms with Gasteiger partial charge in [0.15, 0.2) is 12.5 Å². The number of nitrogens with zero attached hydrogens (tertiary/aromatic N) is 1. The molecule has 0 saturated heterocycles. The van der Waals surface area contributed by atoms with Crippen LogP contribution in [-0.4, -0.2) is 12.4 Å². The van der Waals surface area contributed by atoms with Crippen molar-refractivity contribution in [2.75, 3.05) is 6.73 Å². The van der Waals surface area contributed by atoms with Gasteiger partial charge in [-0.3, -0.25) is 0 Å². The van der Waals surface area contributed by atoms with Crippen molar-refractivity contribution in [1.82, 2.24) is 0 Å². The molecule has 86 valence electrons. The van der Waals surface area contributed by atoms with E-state index >= 15 is 0 Å². The number of allylic oxidation sites excluding steroid dienone is 9. The van der Waals surface area contributed by atoms with Crippen molar-refractivity contribution in [1.29, 1.82) is 0 Å². The van der Waals surface area contributed by atoms with Crippen LogP contribution >= 0.6 is 0 Å². The first-order chi connectivity index (χ1) is 8.47. The lowest BCUT2D eigenvalue weighted by atomic mass is 10.3. The Morgan fingerprint density at radius 2 is 1.59 bits per heavy atom. The molecule has 0 N–H and O–H groups in total. The Labute approximate surface area is 100 Å². The normalized spacial score (nSPS) is 31.3. The van der Waals surface area contributed by atoms with Gasteiger partial charge in [0.25, 0.3) is 0 Å². The van der Waals surface area contributed by atoms with Crippen LogP contribution in [-0.2, 0) is 9.47 Å². The summed E-state index contributed by atoms with van der Waals surface area (Å²) in [4.78, 5) is 4.20. The minimum atomic E-state index is 0.349. The van der Waals surface area contributed by atoms with Crippen molar-refractivity contribution in [3.63, 3.8) is 0 Å². The first kappa shape index (κ1) is 11.2. The molecule has 0 aromatic rings. The van der Waals surface area contributed by atoms with E-state index in [1.807, 2.05) is 48.6 Å². The molecule has 0 aliphatic carbocycles. The molecule has 0 amide bonds. The van der Waals surface area contributed by atoms with Crippen molar-refractivity contribution in [3.05, 3.63) is 73.0 Å². The van der Waals surface area contributed by atoms with E-state index in [0.717, 1.165) is 5.71 Å². The molecule has 2 heterocycles. The second-order valence-electron chi connectivity index (χ2n) is 3.28. The van der Waals surface area contributed by atoms with Crippen molar-refractivity contribution >= 4 is 5.71 Å². The van der Waals surface area contributed by atoms with Crippen LogP contribution < -0.4 is 0 Å². The van der Waals surface area contributed by atoms with Crippen LogP contribution in [0.4, 0.5) is 0 Å². The molecule has 0 bridgehead atoms. The Morgan fingerprint density at radius 3 is 2.41 bits per heavy atom. The quantitative estimate of drug-likeness (QED) is 0.637. The van der Waals surface area contributed by atoms with Crippen molar-refractivity contribution in [2.24, 2.45) is 4.99 Å². The van der Waals surface area contributed by atoms with Gasteiger partial charge in [0, 0.05) is 0 Å². The summed E-state index contributed by atoms with van der Waals surface area (Å²) >= 11 is 0. The summed E-state index contributed by atoms with van der Waals surface area (Å²) in [5.41, 5.74) is 0.791. The molecular weight excluding hydrogens is 214 g/mol. The number of aliphatic imine (C=N–C) groups is 1. The molecule has 3 heteroatoms. The largest absolute Gasteiger partial charge is 0.469 e. The minimum absolute atomic E-state index is 0.349. The average molecular weight is 227 g/mol. The third kappa shape index (κ3) is 3.65. The first-order valence-corrected chi connectivity index (χ1v) is 5.33. The van der Waals surface area contributed by atoms with Gasteiger partial charge >= 0.3 is 0 Å². The fraction of sp³-hybridized carbons (Fsp3) is 0.0714. The minimum Gasteiger partial charge on any atom is -0.469 e. The Bertz CT molecular complexity index is 463. The van der Waals surface area contributed by atoms with Crippen LogP contribution in [0.5, 0.6) is 0 Å². The van der Waals surface area contributed by atoms with Crippen molar-refractivity contribution in [3.8, 4) is 0 Å². The number of hydrogen-bond acceptors (Lipinski definition) is 3. The molecule has 0 radical (unpaired) electrons. The smallest absolute Gasteiger partial charge is 0.182 e. The molecule has 2 aliphatic rings. The highest BCUT2D eigenvalue weighted by Gasteiger charge is 2.11. The summed E-state index contributed by atoms with van der Waals surface area (Å²) < 4.78 is 10.5. The van der Waals surface area contributed by atoms with Gasteiger partial charge in [-0.2, -0.15) is 0 Å². The predicted octanol–water partition coefficient (Wildman–Crippen LogP) is 3.03. The SMILES string of the molecule is C1=C\C=C\C=C\C2=NCO/C2=C/O/C=C/C=C/1. The molecule has 0 unspecified atom stereocenters. The summed E-state index contributed by atoms with van der Waals surface area (Å²) in [6, 6.07) is 0. The predicted molar refractivity (Wildman–Crippen MR) is 68.3 cm³/mol. The fourth-order valence-corrected chi connectivity index (χ4v) is 1.28. The monoisotopic (exact) mass is 227 g/mol. The van der Waals surface area contributed by atoms with Gasteiger partial charge in [0.2, 0.25) is 0 Å². The van der Waals surface area contributed by atoms with Crippen LogP contribution in [0.3, 0.4) is 0 Å². The number of fused-ring (bicyclic) bond motifs is 1. The summed E-state index contributed by atoms with van der Waals surface area (Å²) in [7, 11) is 0. The maximum atomic E-state index is 5.31. The van der Waals surface area contributed by atoms with E-state index in [9.17, 15) is 0 Å². The summed E-state index contributed by atoms with van der Waals surface area (Å²) in [5.74, 6) is 0.649. The van der Waals surface area contributed by atoms with Gasteiger partial charge in [-0.05, 0) is 12.2 Å². The van der Waals surface area contributed by atoms with E-state index in [1.165, 1.54) is 0 Å². The van der Waals surface area contributed by atoms with Crippen LogP contribution in [0.1, 0.15) is 0 Å². The van der Waals surface area contributed by atoms with E-state index in [0.29, 0.717) is 12.5 Å². The van der Waals surface area contributed by atoms with Gasteiger partial charge < -0.3 is 9.47 Å². The van der Waals surface area contributed by atoms with Gasteiger partial charge in [0.05, 0.1) is 6.26 Å². The van der Waals surface area contributed by atoms with Crippen LogP contribution in [0, 0.1) is 0 Å². The molecule has 0 spiro atoms. The zero-order valence-electron chi connectivity index (χ0n) is 9.32. The zero-order chi connectivity index (χ0) is 11.8. The van der Waals surface area contributed by atoms with E-state index in [4.69, 9.17) is 9.47 Å². The molecular formula is C14H13NO2. The topological polar surface area (TPSA) is 30.8 Å². The third-order valence-electron chi connectivity index (χ3n) is 2.07. The molecule has 0 aromatic heterocycles. The lowest BCUT2D eigenvalue weighted by Crippen LogP contribution is -1.94. The van der Waals surface area contributed by atoms with E-state index in [-0.39, 0.29) is 0 Å². The van der Waals surface area contributed by atoms with Gasteiger partial charge in [-0.15, -0.1) is 0 Å². The van der Waals surface area contributed by atoms with Crippen LogP contribution in [0.15, 0.2) is 78.0 Å². The van der Waals surface area contributed by atoms with Gasteiger partial charge in [-0.25, -0.2) is 4.99 Å². The van der Waals surface area contributed by atoms with E-state index < -0.39 is 0 Å². The standard InChI is InChI=1S/C14H13NO2/c1-2-4-6-8-10-16-11-14-13(15-12-17-14)9-7-5-3-1/h1-11H,12H2/b2-1-,5-3+,6-4+,9-7+,10-8+,14-11+. The van der Waals surface area contributed by atoms with Gasteiger partial charge in [0.1, 0.15) is 12.0 Å². The van der Waals surface area contributed by atoms with E-state index in [1.54, 1.807) is 18.6 Å². The Kier molecular flexibility index (Phi) is 4.17. The van der Waals surface area contributed by atoms with Crippen LogP contribution in [0.2, 0.25) is 0 Å². The second kappa shape index (κ2) is 6.33. The highest BCUT2D eigenvalue weighted by molar-refractivity contribution is 6.07. The maximum absolute atomic E-state index is 5.31. The maximum Gasteiger partial charge on any atom is 0.182 e. The molecule has 0 atom stereocenters. The fourth-order valence-electron chi connectivity index (χ4n) is 1.28. The van der Waals surface area contributed by atoms with Crippen molar-refractivity contribution in [2.45, 2.75) is 0 Å². The highest BCUT2D eigenvalue weighted by Crippen LogP contribution is 2.11. The lowest BCUT2D eigenvalue weighted by molar-refractivity contribution is 0.244. The highest BCUT2D eigenvalue weighted by atomic mass is 16.5. The lowest BCUT2D eigenvalue weighted by Gasteiger charge is -1.97. The molecule has 17 heavy (non-hydrogen) atoms. The average Bonchev–Trinajstić information content (AvgIpc) is 2.78. The van der Waals surface area contributed by atoms with E-state index in [2.05, 4.69) is 4.99 Å². The van der Waals surface area contributed by atoms with Crippen LogP contribution in [0.25, 0.3) is 0 Å². The molecule has 0 saturated carbocycles. The third-order valence-corrected chi connectivity index (χ3v) is 2.07. The summed E-state index contributed by atoms with van der Waals surface area (Å²) in [5, 5.41) is 0.